The fourth-order valence-corrected chi connectivity index (χ4v) is 4.69. The quantitative estimate of drug-likeness (QED) is 0.677. The van der Waals surface area contributed by atoms with Crippen molar-refractivity contribution < 1.29 is 12.8 Å². The second-order valence-corrected chi connectivity index (χ2v) is 8.25. The Kier molecular flexibility index (Phi) is 4.66. The van der Waals surface area contributed by atoms with E-state index in [0.717, 1.165) is 10.9 Å². The van der Waals surface area contributed by atoms with Crippen LogP contribution in [0, 0.1) is 13.8 Å². The van der Waals surface area contributed by atoms with Crippen LogP contribution in [0.3, 0.4) is 0 Å². The molecule has 6 nitrogen and oxygen atoms in total. The number of hydrogen-bond acceptors (Lipinski definition) is 4. The van der Waals surface area contributed by atoms with Crippen LogP contribution >= 0.6 is 11.6 Å². The van der Waals surface area contributed by atoms with Gasteiger partial charge >= 0.3 is 0 Å². The number of nitrogens with zero attached hydrogens (tertiary/aromatic N) is 3. The van der Waals surface area contributed by atoms with Crippen molar-refractivity contribution in [3.63, 3.8) is 0 Å². The largest absolute Gasteiger partial charge is 0.444 e. The van der Waals surface area contributed by atoms with E-state index in [1.54, 1.807) is 32.5 Å². The Balaban J connectivity index is 2.08. The highest BCUT2D eigenvalue weighted by Crippen LogP contribution is 2.31. The molecule has 134 valence electrons. The van der Waals surface area contributed by atoms with E-state index < -0.39 is 10.0 Å². The highest BCUT2D eigenvalue weighted by molar-refractivity contribution is 7.89. The summed E-state index contributed by atoms with van der Waals surface area (Å²) in [7, 11) is -2.01. The molecular weight excluding hydrogens is 362 g/mol. The summed E-state index contributed by atoms with van der Waals surface area (Å²) < 4.78 is 34.0. The van der Waals surface area contributed by atoms with Crippen LogP contribution in [0.2, 0.25) is 5.22 Å². The second-order valence-electron chi connectivity index (χ2n) is 5.93. The lowest BCUT2D eigenvalue weighted by Gasteiger charge is -2.15. The Labute approximate surface area is 152 Å². The average Bonchev–Trinajstić information content (AvgIpc) is 3.03. The number of para-hydroxylation sites is 1. The summed E-state index contributed by atoms with van der Waals surface area (Å²) in [5.74, 6) is 0. The van der Waals surface area contributed by atoms with Crippen LogP contribution in [-0.4, -0.2) is 36.1 Å². The smallest absolute Gasteiger partial charge is 0.246 e. The fourth-order valence-electron chi connectivity index (χ4n) is 2.90. The maximum atomic E-state index is 12.7. The van der Waals surface area contributed by atoms with Crippen molar-refractivity contribution in [2.45, 2.75) is 32.2 Å². The number of benzene rings is 1. The molecule has 0 spiro atoms. The van der Waals surface area contributed by atoms with Crippen molar-refractivity contribution in [1.29, 1.82) is 0 Å². The predicted molar refractivity (Wildman–Crippen MR) is 97.5 cm³/mol. The normalized spacial score (nSPS) is 12.4. The van der Waals surface area contributed by atoms with Crippen LogP contribution in [0.4, 0.5) is 0 Å². The van der Waals surface area contributed by atoms with Crippen LogP contribution in [0.5, 0.6) is 0 Å². The minimum absolute atomic E-state index is 0.251. The molecule has 0 aliphatic heterocycles. The maximum absolute atomic E-state index is 12.7. The van der Waals surface area contributed by atoms with Gasteiger partial charge in [0, 0.05) is 24.5 Å². The van der Waals surface area contributed by atoms with Crippen molar-refractivity contribution in [3.8, 4) is 0 Å². The van der Waals surface area contributed by atoms with E-state index >= 15 is 0 Å². The second kappa shape index (κ2) is 6.48. The molecule has 0 radical (unpaired) electrons. The van der Waals surface area contributed by atoms with Gasteiger partial charge in [0.25, 0.3) is 0 Å². The van der Waals surface area contributed by atoms with Gasteiger partial charge in [0.2, 0.25) is 10.0 Å². The van der Waals surface area contributed by atoms with E-state index in [-0.39, 0.29) is 4.90 Å². The highest BCUT2D eigenvalue weighted by atomic mass is 35.5. The lowest BCUT2D eigenvalue weighted by molar-refractivity contribution is 0.485. The molecule has 1 aromatic carbocycles. The molecule has 0 bridgehead atoms. The lowest BCUT2D eigenvalue weighted by atomic mass is 10.2. The third kappa shape index (κ3) is 2.96. The Morgan fingerprint density at radius 1 is 1.28 bits per heavy atom. The number of hydrogen-bond donors (Lipinski definition) is 0. The lowest BCUT2D eigenvalue weighted by Crippen LogP contribution is -2.27. The third-order valence-corrected chi connectivity index (χ3v) is 6.88. The summed E-state index contributed by atoms with van der Waals surface area (Å²) in [5, 5.41) is 5.62. The Morgan fingerprint density at radius 3 is 2.64 bits per heavy atom. The first-order valence-electron chi connectivity index (χ1n) is 7.93. The van der Waals surface area contributed by atoms with Crippen LogP contribution in [0.25, 0.3) is 11.0 Å². The van der Waals surface area contributed by atoms with E-state index in [1.807, 2.05) is 24.3 Å². The van der Waals surface area contributed by atoms with Gasteiger partial charge in [-0.1, -0.05) is 25.1 Å². The number of furan rings is 1. The van der Waals surface area contributed by atoms with Gasteiger partial charge in [-0.2, -0.15) is 5.10 Å². The summed E-state index contributed by atoms with van der Waals surface area (Å²) in [4.78, 5) is 0.251. The van der Waals surface area contributed by atoms with Crippen LogP contribution in [-0.2, 0) is 16.6 Å². The van der Waals surface area contributed by atoms with E-state index in [2.05, 4.69) is 5.10 Å². The zero-order chi connectivity index (χ0) is 18.4. The minimum atomic E-state index is -3.57. The zero-order valence-corrected chi connectivity index (χ0v) is 16.1. The Bertz CT molecular complexity index is 1040. The molecule has 0 atom stereocenters. The topological polar surface area (TPSA) is 68.3 Å². The molecule has 2 heterocycles. The number of sulfonamides is 1. The molecule has 0 fully saturated rings. The fraction of sp³-hybridized carbons (Fsp3) is 0.353. The first-order valence-corrected chi connectivity index (χ1v) is 9.75. The van der Waals surface area contributed by atoms with Gasteiger partial charge in [-0.3, -0.25) is 4.68 Å². The number of fused-ring (bicyclic) bond motifs is 1. The monoisotopic (exact) mass is 381 g/mol. The SMILES string of the molecule is CCN(C)S(=O)(=O)c1c(C)nn(Cc2c(Cl)oc3ccccc23)c1C. The molecule has 8 heteroatoms. The summed E-state index contributed by atoms with van der Waals surface area (Å²) >= 11 is 6.25. The molecule has 3 rings (SSSR count). The van der Waals surface area contributed by atoms with Crippen LogP contribution in [0.1, 0.15) is 23.9 Å². The number of aromatic nitrogens is 2. The van der Waals surface area contributed by atoms with E-state index in [4.69, 9.17) is 16.0 Å². The molecule has 3 aromatic rings. The predicted octanol–water partition coefficient (Wildman–Crippen LogP) is 3.59. The Morgan fingerprint density at radius 2 is 1.96 bits per heavy atom. The Hall–Kier alpha value is -1.83. The minimum Gasteiger partial charge on any atom is -0.444 e. The van der Waals surface area contributed by atoms with Gasteiger partial charge in [0.05, 0.1) is 17.9 Å². The van der Waals surface area contributed by atoms with Gasteiger partial charge in [0.1, 0.15) is 10.5 Å². The summed E-state index contributed by atoms with van der Waals surface area (Å²) in [5.41, 5.74) is 2.54. The van der Waals surface area contributed by atoms with Crippen molar-refractivity contribution in [2.75, 3.05) is 13.6 Å². The zero-order valence-electron chi connectivity index (χ0n) is 14.6. The summed E-state index contributed by atoms with van der Waals surface area (Å²) in [6, 6.07) is 7.55. The highest BCUT2D eigenvalue weighted by Gasteiger charge is 2.28. The molecule has 0 aliphatic carbocycles. The average molecular weight is 382 g/mol. The van der Waals surface area contributed by atoms with Crippen LogP contribution < -0.4 is 0 Å². The van der Waals surface area contributed by atoms with Crippen LogP contribution in [0.15, 0.2) is 33.6 Å². The summed E-state index contributed by atoms with van der Waals surface area (Å²) in [6.45, 7) is 5.99. The number of aryl methyl sites for hydroxylation is 1. The van der Waals surface area contributed by atoms with Gasteiger partial charge in [-0.25, -0.2) is 12.7 Å². The maximum Gasteiger partial charge on any atom is 0.246 e. The molecule has 0 saturated heterocycles. The number of halogens is 1. The molecule has 0 aliphatic rings. The first kappa shape index (κ1) is 18.0. The first-order chi connectivity index (χ1) is 11.8. The summed E-state index contributed by atoms with van der Waals surface area (Å²) in [6.07, 6.45) is 0. The molecular formula is C17H20ClN3O3S. The van der Waals surface area contributed by atoms with Gasteiger partial charge < -0.3 is 4.42 Å². The van der Waals surface area contributed by atoms with E-state index in [9.17, 15) is 8.42 Å². The van der Waals surface area contributed by atoms with Gasteiger partial charge in [0.15, 0.2) is 5.22 Å². The van der Waals surface area contributed by atoms with Gasteiger partial charge in [-0.05, 0) is 31.5 Å². The molecule has 25 heavy (non-hydrogen) atoms. The van der Waals surface area contributed by atoms with Crippen molar-refractivity contribution in [2.24, 2.45) is 0 Å². The van der Waals surface area contributed by atoms with Crippen molar-refractivity contribution in [3.05, 3.63) is 46.4 Å². The standard InChI is InChI=1S/C17H20ClN3O3S/c1-5-20(4)25(22,23)16-11(2)19-21(12(16)3)10-14-13-8-6-7-9-15(13)24-17(14)18/h6-9H,5,10H2,1-4H3. The van der Waals surface area contributed by atoms with E-state index in [1.165, 1.54) is 4.31 Å². The molecule has 0 unspecified atom stereocenters. The number of rotatable bonds is 5. The molecule has 0 N–H and O–H groups in total. The molecule has 0 amide bonds. The van der Waals surface area contributed by atoms with E-state index in [0.29, 0.717) is 35.3 Å². The van der Waals surface area contributed by atoms with Crippen molar-refractivity contribution in [1.82, 2.24) is 14.1 Å². The molecule has 2 aromatic heterocycles. The van der Waals surface area contributed by atoms with Crippen molar-refractivity contribution >= 4 is 32.6 Å². The third-order valence-electron chi connectivity index (χ3n) is 4.39. The molecule has 0 saturated carbocycles. The van der Waals surface area contributed by atoms with Gasteiger partial charge in [-0.15, -0.1) is 0 Å².